The Labute approximate surface area is 91.6 Å². The molecule has 0 saturated heterocycles. The molecule has 1 N–H and O–H groups in total. The van der Waals surface area contributed by atoms with Gasteiger partial charge in [-0.05, 0) is 19.8 Å². The van der Waals surface area contributed by atoms with Crippen molar-refractivity contribution in [3.8, 4) is 0 Å². The number of rotatable bonds is 4. The lowest BCUT2D eigenvalue weighted by molar-refractivity contribution is -0.144. The Bertz CT molecular complexity index is 187. The first-order valence-corrected chi connectivity index (χ1v) is 5.18. The summed E-state index contributed by atoms with van der Waals surface area (Å²) in [6, 6.07) is 0. The molecule has 4 nitrogen and oxygen atoms in total. The second-order valence-corrected chi connectivity index (χ2v) is 3.77. The largest absolute Gasteiger partial charge is 0.481 e. The van der Waals surface area contributed by atoms with E-state index in [9.17, 15) is 9.59 Å². The van der Waals surface area contributed by atoms with E-state index in [1.54, 1.807) is 0 Å². The number of hydrogen-bond acceptors (Lipinski definition) is 3. The molecule has 4 heteroatoms. The lowest BCUT2D eigenvalue weighted by Crippen LogP contribution is -2.06. The van der Waals surface area contributed by atoms with Crippen molar-refractivity contribution in [3.05, 3.63) is 0 Å². The monoisotopic (exact) mass is 218 g/mol. The lowest BCUT2D eigenvalue weighted by atomic mass is 10.1. The Morgan fingerprint density at radius 2 is 1.73 bits per heavy atom. The molecule has 15 heavy (non-hydrogen) atoms. The summed E-state index contributed by atoms with van der Waals surface area (Å²) in [5.41, 5.74) is 0. The molecule has 1 unspecified atom stereocenters. The summed E-state index contributed by atoms with van der Waals surface area (Å²) in [6.07, 6.45) is 1.28. The minimum absolute atomic E-state index is 0.0255. The molecule has 0 radical (unpaired) electrons. The van der Waals surface area contributed by atoms with Gasteiger partial charge in [0.25, 0.3) is 0 Å². The third kappa shape index (κ3) is 19.4. The predicted octanol–water partition coefficient (Wildman–Crippen LogP) is 2.47. The second-order valence-electron chi connectivity index (χ2n) is 3.77. The Kier molecular flexibility index (Phi) is 10.4. The van der Waals surface area contributed by atoms with E-state index in [2.05, 4.69) is 4.74 Å². The summed E-state index contributed by atoms with van der Waals surface area (Å²) in [6.45, 7) is 8.98. The van der Waals surface area contributed by atoms with Crippen molar-refractivity contribution in [1.82, 2.24) is 0 Å². The summed E-state index contributed by atoms with van der Waals surface area (Å²) in [4.78, 5) is 20.0. The van der Waals surface area contributed by atoms with Gasteiger partial charge in [0, 0.05) is 13.3 Å². The average Bonchev–Trinajstić information content (AvgIpc) is 2.01. The molecule has 0 aromatic carbocycles. The maximum Gasteiger partial charge on any atom is 0.303 e. The highest BCUT2D eigenvalue weighted by atomic mass is 16.5. The van der Waals surface area contributed by atoms with Gasteiger partial charge in [0.1, 0.15) is 0 Å². The van der Waals surface area contributed by atoms with Gasteiger partial charge < -0.3 is 9.84 Å². The molecule has 0 aromatic heterocycles. The molecule has 0 aliphatic carbocycles. The summed E-state index contributed by atoms with van der Waals surface area (Å²) in [7, 11) is 0. The smallest absolute Gasteiger partial charge is 0.303 e. The molecule has 0 saturated carbocycles. The zero-order chi connectivity index (χ0) is 12.4. The molecular weight excluding hydrogens is 196 g/mol. The number of aliphatic carboxylic acids is 1. The van der Waals surface area contributed by atoms with Gasteiger partial charge in [0.2, 0.25) is 0 Å². The molecule has 0 aliphatic heterocycles. The summed E-state index contributed by atoms with van der Waals surface area (Å²) in [5, 5.41) is 8.22. The molecule has 0 heterocycles. The number of carboxylic acid groups (broad SMARTS) is 1. The van der Waals surface area contributed by atoms with Crippen molar-refractivity contribution < 1.29 is 19.4 Å². The van der Waals surface area contributed by atoms with E-state index in [0.717, 1.165) is 6.42 Å². The fourth-order valence-corrected chi connectivity index (χ4v) is 0.774. The Balaban J connectivity index is 0. The van der Waals surface area contributed by atoms with Crippen molar-refractivity contribution in [3.63, 3.8) is 0 Å². The van der Waals surface area contributed by atoms with Crippen molar-refractivity contribution in [2.24, 2.45) is 5.92 Å². The van der Waals surface area contributed by atoms with Crippen LogP contribution in [-0.4, -0.2) is 23.1 Å². The first kappa shape index (κ1) is 16.4. The van der Waals surface area contributed by atoms with E-state index in [4.69, 9.17) is 5.11 Å². The van der Waals surface area contributed by atoms with Gasteiger partial charge >= 0.3 is 11.9 Å². The Morgan fingerprint density at radius 1 is 1.27 bits per heavy atom. The molecule has 0 fully saturated rings. The highest BCUT2D eigenvalue weighted by Crippen LogP contribution is 2.04. The van der Waals surface area contributed by atoms with Crippen LogP contribution in [0, 0.1) is 5.92 Å². The van der Waals surface area contributed by atoms with Crippen LogP contribution in [0.1, 0.15) is 47.5 Å². The standard InChI is InChI=1S/C6H12O2.C5H10O2/c1-3-5(2)4-6(7)8;1-4(2)7-5(3)6/h5H,3-4H2,1-2H3,(H,7,8);4H,1-3H3. The molecule has 0 aliphatic rings. The first-order chi connectivity index (χ1) is 6.79. The van der Waals surface area contributed by atoms with Crippen LogP contribution >= 0.6 is 0 Å². The highest BCUT2D eigenvalue weighted by molar-refractivity contribution is 5.66. The molecule has 90 valence electrons. The van der Waals surface area contributed by atoms with Crippen LogP contribution in [0.5, 0.6) is 0 Å². The van der Waals surface area contributed by atoms with Crippen LogP contribution in [-0.2, 0) is 14.3 Å². The van der Waals surface area contributed by atoms with Crippen LogP contribution in [0.4, 0.5) is 0 Å². The Morgan fingerprint density at radius 3 is 1.80 bits per heavy atom. The molecule has 0 spiro atoms. The summed E-state index contributed by atoms with van der Waals surface area (Å²) >= 11 is 0. The van der Waals surface area contributed by atoms with E-state index >= 15 is 0 Å². The normalized spacial score (nSPS) is 11.3. The number of ether oxygens (including phenoxy) is 1. The molecule has 0 aromatic rings. The van der Waals surface area contributed by atoms with Gasteiger partial charge in [-0.15, -0.1) is 0 Å². The van der Waals surface area contributed by atoms with Crippen LogP contribution < -0.4 is 0 Å². The van der Waals surface area contributed by atoms with Crippen LogP contribution in [0.25, 0.3) is 0 Å². The fraction of sp³-hybridized carbons (Fsp3) is 0.818. The lowest BCUT2D eigenvalue weighted by Gasteiger charge is -2.01. The number of hydrogen-bond donors (Lipinski definition) is 1. The SMILES string of the molecule is CC(=O)OC(C)C.CCC(C)CC(=O)O. The Hall–Kier alpha value is -1.06. The van der Waals surface area contributed by atoms with Gasteiger partial charge in [-0.1, -0.05) is 20.3 Å². The summed E-state index contributed by atoms with van der Waals surface area (Å²) in [5.74, 6) is -0.582. The van der Waals surface area contributed by atoms with E-state index in [1.165, 1.54) is 6.92 Å². The highest BCUT2D eigenvalue weighted by Gasteiger charge is 2.02. The van der Waals surface area contributed by atoms with Gasteiger partial charge in [0.05, 0.1) is 6.10 Å². The third-order valence-corrected chi connectivity index (χ3v) is 1.62. The third-order valence-electron chi connectivity index (χ3n) is 1.62. The zero-order valence-electron chi connectivity index (χ0n) is 10.2. The first-order valence-electron chi connectivity index (χ1n) is 5.18. The average molecular weight is 218 g/mol. The summed E-state index contributed by atoms with van der Waals surface area (Å²) < 4.78 is 4.61. The molecule has 1 atom stereocenters. The fourth-order valence-electron chi connectivity index (χ4n) is 0.774. The van der Waals surface area contributed by atoms with Crippen LogP contribution in [0.3, 0.4) is 0 Å². The molecule has 0 bridgehead atoms. The van der Waals surface area contributed by atoms with Gasteiger partial charge in [0.15, 0.2) is 0 Å². The number of carbonyl (C=O) groups is 2. The van der Waals surface area contributed by atoms with Gasteiger partial charge in [-0.3, -0.25) is 9.59 Å². The number of esters is 1. The maximum atomic E-state index is 10.0. The van der Waals surface area contributed by atoms with E-state index in [0.29, 0.717) is 12.3 Å². The van der Waals surface area contributed by atoms with Crippen molar-refractivity contribution in [1.29, 1.82) is 0 Å². The van der Waals surface area contributed by atoms with Crippen LogP contribution in [0.15, 0.2) is 0 Å². The number of carboxylic acids is 1. The molecule has 0 rings (SSSR count). The van der Waals surface area contributed by atoms with E-state index in [-0.39, 0.29) is 12.1 Å². The quantitative estimate of drug-likeness (QED) is 0.736. The van der Waals surface area contributed by atoms with Crippen LogP contribution in [0.2, 0.25) is 0 Å². The van der Waals surface area contributed by atoms with Crippen molar-refractivity contribution in [2.75, 3.05) is 0 Å². The molecule has 0 amide bonds. The van der Waals surface area contributed by atoms with Crippen molar-refractivity contribution in [2.45, 2.75) is 53.6 Å². The van der Waals surface area contributed by atoms with E-state index in [1.807, 2.05) is 27.7 Å². The minimum Gasteiger partial charge on any atom is -0.481 e. The predicted molar refractivity (Wildman–Crippen MR) is 58.6 cm³/mol. The molecular formula is C11H22O4. The second kappa shape index (κ2) is 9.49. The van der Waals surface area contributed by atoms with Gasteiger partial charge in [-0.2, -0.15) is 0 Å². The van der Waals surface area contributed by atoms with E-state index < -0.39 is 5.97 Å². The van der Waals surface area contributed by atoms with Gasteiger partial charge in [-0.25, -0.2) is 0 Å². The number of carbonyl (C=O) groups excluding carboxylic acids is 1. The topological polar surface area (TPSA) is 63.6 Å². The minimum atomic E-state index is -0.695. The van der Waals surface area contributed by atoms with Crippen molar-refractivity contribution >= 4 is 11.9 Å². The zero-order valence-corrected chi connectivity index (χ0v) is 10.2. The maximum absolute atomic E-state index is 10.0.